The maximum atomic E-state index is 13.6. The van der Waals surface area contributed by atoms with Crippen molar-refractivity contribution in [3.8, 4) is 0 Å². The first kappa shape index (κ1) is 12.5. The molecule has 1 aromatic carbocycles. The molecule has 0 saturated carbocycles. The van der Waals surface area contributed by atoms with Crippen LogP contribution in [0, 0.1) is 5.82 Å². The Morgan fingerprint density at radius 3 is 3.00 bits per heavy atom. The van der Waals surface area contributed by atoms with E-state index in [0.717, 1.165) is 21.9 Å². The lowest BCUT2D eigenvalue weighted by atomic mass is 10.2. The summed E-state index contributed by atoms with van der Waals surface area (Å²) >= 11 is 6.90. The number of halogens is 3. The zero-order chi connectivity index (χ0) is 11.5. The van der Waals surface area contributed by atoms with Gasteiger partial charge in [0.2, 0.25) is 0 Å². The van der Waals surface area contributed by atoms with Crippen molar-refractivity contribution in [2.75, 3.05) is 11.9 Å². The number of nitrogens with zero attached hydrogens (tertiary/aromatic N) is 1. The molecule has 1 saturated heterocycles. The lowest BCUT2D eigenvalue weighted by molar-refractivity contribution is 0.261. The summed E-state index contributed by atoms with van der Waals surface area (Å²) in [5.74, 6) is -0.108. The van der Waals surface area contributed by atoms with E-state index in [9.17, 15) is 4.39 Å². The molecule has 1 aliphatic rings. The molecule has 0 N–H and O–H groups in total. The third-order valence-corrected chi connectivity index (χ3v) is 4.30. The van der Waals surface area contributed by atoms with Crippen molar-refractivity contribution in [2.45, 2.75) is 25.4 Å². The van der Waals surface area contributed by atoms with Gasteiger partial charge >= 0.3 is 0 Å². The Kier molecular flexibility index (Phi) is 4.39. The van der Waals surface area contributed by atoms with Gasteiger partial charge in [-0.05, 0) is 37.6 Å². The van der Waals surface area contributed by atoms with Crippen LogP contribution in [-0.4, -0.2) is 22.8 Å². The van der Waals surface area contributed by atoms with Crippen molar-refractivity contribution < 1.29 is 4.39 Å². The topological polar surface area (TPSA) is 3.24 Å². The van der Waals surface area contributed by atoms with E-state index in [2.05, 4.69) is 36.8 Å². The van der Waals surface area contributed by atoms with E-state index in [1.54, 1.807) is 6.07 Å². The van der Waals surface area contributed by atoms with E-state index in [1.807, 2.05) is 6.07 Å². The second kappa shape index (κ2) is 5.61. The Hall–Kier alpha value is 0.0700. The molecule has 1 fully saturated rings. The summed E-state index contributed by atoms with van der Waals surface area (Å²) < 4.78 is 14.5. The maximum absolute atomic E-state index is 13.6. The van der Waals surface area contributed by atoms with Crippen LogP contribution in [0.3, 0.4) is 0 Å². The van der Waals surface area contributed by atoms with E-state index in [1.165, 1.54) is 18.9 Å². The lowest BCUT2D eigenvalue weighted by Gasteiger charge is -2.22. The van der Waals surface area contributed by atoms with Gasteiger partial charge in [0.15, 0.2) is 0 Å². The standard InChI is InChI=1S/C12H14Br2FN/c13-7-11-2-1-5-16(11)8-9-6-10(14)3-4-12(9)15/h3-4,6,11H,1-2,5,7-8H2. The minimum atomic E-state index is -0.108. The zero-order valence-electron chi connectivity index (χ0n) is 8.93. The van der Waals surface area contributed by atoms with E-state index >= 15 is 0 Å². The summed E-state index contributed by atoms with van der Waals surface area (Å²) in [5, 5.41) is 0.975. The highest BCUT2D eigenvalue weighted by Gasteiger charge is 2.24. The third kappa shape index (κ3) is 2.84. The minimum Gasteiger partial charge on any atom is -0.295 e. The number of alkyl halides is 1. The molecule has 88 valence electrons. The molecule has 1 atom stereocenters. The van der Waals surface area contributed by atoms with Gasteiger partial charge in [-0.25, -0.2) is 4.39 Å². The molecule has 16 heavy (non-hydrogen) atoms. The van der Waals surface area contributed by atoms with Crippen LogP contribution in [0.15, 0.2) is 22.7 Å². The Morgan fingerprint density at radius 2 is 2.25 bits per heavy atom. The van der Waals surface area contributed by atoms with Crippen LogP contribution in [0.4, 0.5) is 4.39 Å². The zero-order valence-corrected chi connectivity index (χ0v) is 12.1. The molecule has 0 amide bonds. The van der Waals surface area contributed by atoms with Gasteiger partial charge in [0, 0.05) is 28.0 Å². The summed E-state index contributed by atoms with van der Waals surface area (Å²) in [6.07, 6.45) is 2.42. The van der Waals surface area contributed by atoms with E-state index in [4.69, 9.17) is 0 Å². The van der Waals surface area contributed by atoms with Gasteiger partial charge in [-0.15, -0.1) is 0 Å². The van der Waals surface area contributed by atoms with Gasteiger partial charge in [-0.2, -0.15) is 0 Å². The van der Waals surface area contributed by atoms with Gasteiger partial charge in [-0.3, -0.25) is 4.90 Å². The normalized spacial score (nSPS) is 21.6. The van der Waals surface area contributed by atoms with Crippen LogP contribution in [0.1, 0.15) is 18.4 Å². The smallest absolute Gasteiger partial charge is 0.127 e. The second-order valence-corrected chi connectivity index (χ2v) is 5.72. The van der Waals surface area contributed by atoms with Gasteiger partial charge in [0.25, 0.3) is 0 Å². The molecule has 1 nitrogen and oxygen atoms in total. The quantitative estimate of drug-likeness (QED) is 0.746. The fourth-order valence-corrected chi connectivity index (χ4v) is 3.30. The molecule has 0 aromatic heterocycles. The Labute approximate surface area is 112 Å². The third-order valence-electron chi connectivity index (χ3n) is 3.06. The largest absolute Gasteiger partial charge is 0.295 e. The number of rotatable bonds is 3. The molecular formula is C12H14Br2FN. The van der Waals surface area contributed by atoms with Crippen LogP contribution in [0.5, 0.6) is 0 Å². The Morgan fingerprint density at radius 1 is 1.44 bits per heavy atom. The van der Waals surface area contributed by atoms with Crippen LogP contribution in [-0.2, 0) is 6.54 Å². The highest BCUT2D eigenvalue weighted by atomic mass is 79.9. The average Bonchev–Trinajstić information content (AvgIpc) is 2.71. The average molecular weight is 351 g/mol. The molecular weight excluding hydrogens is 337 g/mol. The summed E-state index contributed by atoms with van der Waals surface area (Å²) in [6, 6.07) is 5.70. The molecule has 0 aliphatic carbocycles. The fourth-order valence-electron chi connectivity index (χ4n) is 2.16. The van der Waals surface area contributed by atoms with Crippen molar-refractivity contribution >= 4 is 31.9 Å². The highest BCUT2D eigenvalue weighted by Crippen LogP contribution is 2.24. The van der Waals surface area contributed by atoms with Gasteiger partial charge in [0.1, 0.15) is 5.82 Å². The molecule has 4 heteroatoms. The van der Waals surface area contributed by atoms with Crippen LogP contribution in [0.2, 0.25) is 0 Å². The van der Waals surface area contributed by atoms with Gasteiger partial charge < -0.3 is 0 Å². The van der Waals surface area contributed by atoms with E-state index in [0.29, 0.717) is 12.6 Å². The second-order valence-electron chi connectivity index (χ2n) is 4.16. The van der Waals surface area contributed by atoms with Crippen LogP contribution < -0.4 is 0 Å². The molecule has 0 spiro atoms. The summed E-state index contributed by atoms with van der Waals surface area (Å²) in [7, 11) is 0. The monoisotopic (exact) mass is 349 g/mol. The van der Waals surface area contributed by atoms with Crippen molar-refractivity contribution in [1.29, 1.82) is 0 Å². The first-order valence-corrected chi connectivity index (χ1v) is 7.36. The predicted octanol–water partition coefficient (Wildman–Crippen LogP) is 3.95. The van der Waals surface area contributed by atoms with Crippen molar-refractivity contribution in [3.05, 3.63) is 34.1 Å². The summed E-state index contributed by atoms with van der Waals surface area (Å²) in [4.78, 5) is 2.35. The first-order valence-electron chi connectivity index (χ1n) is 5.44. The fraction of sp³-hybridized carbons (Fsp3) is 0.500. The van der Waals surface area contributed by atoms with E-state index < -0.39 is 0 Å². The molecule has 1 aromatic rings. The Balaban J connectivity index is 2.11. The van der Waals surface area contributed by atoms with Crippen LogP contribution >= 0.6 is 31.9 Å². The predicted molar refractivity (Wildman–Crippen MR) is 71.3 cm³/mol. The molecule has 1 heterocycles. The lowest BCUT2D eigenvalue weighted by Crippen LogP contribution is -2.30. The number of benzene rings is 1. The van der Waals surface area contributed by atoms with Gasteiger partial charge in [0.05, 0.1) is 0 Å². The minimum absolute atomic E-state index is 0.108. The molecule has 2 rings (SSSR count). The highest BCUT2D eigenvalue weighted by molar-refractivity contribution is 9.10. The van der Waals surface area contributed by atoms with Crippen molar-refractivity contribution in [2.24, 2.45) is 0 Å². The Bertz CT molecular complexity index is 370. The maximum Gasteiger partial charge on any atom is 0.127 e. The van der Waals surface area contributed by atoms with Crippen LogP contribution in [0.25, 0.3) is 0 Å². The van der Waals surface area contributed by atoms with Crippen molar-refractivity contribution in [1.82, 2.24) is 4.90 Å². The SMILES string of the molecule is Fc1ccc(Br)cc1CN1CCCC1CBr. The van der Waals surface area contributed by atoms with E-state index in [-0.39, 0.29) is 5.82 Å². The number of hydrogen-bond donors (Lipinski definition) is 0. The summed E-state index contributed by atoms with van der Waals surface area (Å²) in [6.45, 7) is 1.78. The van der Waals surface area contributed by atoms with Crippen molar-refractivity contribution in [3.63, 3.8) is 0 Å². The molecule has 1 aliphatic heterocycles. The molecule has 0 radical (unpaired) electrons. The number of hydrogen-bond acceptors (Lipinski definition) is 1. The summed E-state index contributed by atoms with van der Waals surface area (Å²) in [5.41, 5.74) is 0.780. The molecule has 1 unspecified atom stereocenters. The van der Waals surface area contributed by atoms with Gasteiger partial charge in [-0.1, -0.05) is 31.9 Å². The molecule has 0 bridgehead atoms. The first-order chi connectivity index (χ1) is 7.70. The number of likely N-dealkylation sites (tertiary alicyclic amines) is 1.